The standard InChI is InChI=1S/C19H22O4/c1-13(21)11-14(12-20)5-4-8-18(22)17-9-10-19(23)16-7-3-2-6-15(16)17/h2-4,6-7,9-10,13,18,20-23H,8,11-12H2,1H3/t5?,13-,18+/m0/s1. The highest BCUT2D eigenvalue weighted by molar-refractivity contribution is 5.91. The van der Waals surface area contributed by atoms with Crippen molar-refractivity contribution in [2.45, 2.75) is 32.0 Å². The summed E-state index contributed by atoms with van der Waals surface area (Å²) in [6.07, 6.45) is 1.08. The molecule has 0 aromatic heterocycles. The molecule has 2 rings (SSSR count). The zero-order valence-corrected chi connectivity index (χ0v) is 13.1. The Morgan fingerprint density at radius 3 is 2.48 bits per heavy atom. The van der Waals surface area contributed by atoms with Gasteiger partial charge >= 0.3 is 0 Å². The van der Waals surface area contributed by atoms with Gasteiger partial charge in [0.05, 0.1) is 18.8 Å². The Hall–Kier alpha value is -2.10. The molecule has 0 saturated carbocycles. The van der Waals surface area contributed by atoms with Crippen LogP contribution in [0.4, 0.5) is 0 Å². The molecule has 23 heavy (non-hydrogen) atoms. The van der Waals surface area contributed by atoms with Crippen molar-refractivity contribution >= 4 is 10.8 Å². The SMILES string of the molecule is C[C@H](O)CC(=C=CC[C@@H](O)c1ccc(O)c2ccccc12)CO. The predicted octanol–water partition coefficient (Wildman–Crippen LogP) is 2.81. The van der Waals surface area contributed by atoms with Crippen molar-refractivity contribution in [3.05, 3.63) is 59.3 Å². The topological polar surface area (TPSA) is 80.9 Å². The Bertz CT molecular complexity index is 727. The summed E-state index contributed by atoms with van der Waals surface area (Å²) in [5, 5.41) is 40.3. The second-order valence-electron chi connectivity index (χ2n) is 5.63. The van der Waals surface area contributed by atoms with Crippen molar-refractivity contribution in [2.75, 3.05) is 6.61 Å². The van der Waals surface area contributed by atoms with Gasteiger partial charge in [-0.3, -0.25) is 0 Å². The summed E-state index contributed by atoms with van der Waals surface area (Å²) in [6, 6.07) is 10.7. The van der Waals surface area contributed by atoms with Crippen LogP contribution in [0.3, 0.4) is 0 Å². The van der Waals surface area contributed by atoms with Crippen LogP contribution in [0.2, 0.25) is 0 Å². The molecule has 0 aliphatic rings. The van der Waals surface area contributed by atoms with Gasteiger partial charge in [0.2, 0.25) is 0 Å². The fourth-order valence-electron chi connectivity index (χ4n) is 2.56. The van der Waals surface area contributed by atoms with Gasteiger partial charge in [-0.1, -0.05) is 30.3 Å². The molecule has 0 aliphatic heterocycles. The summed E-state index contributed by atoms with van der Waals surface area (Å²) < 4.78 is 0. The van der Waals surface area contributed by atoms with Crippen LogP contribution in [-0.2, 0) is 0 Å². The smallest absolute Gasteiger partial charge is 0.123 e. The zero-order chi connectivity index (χ0) is 16.8. The maximum Gasteiger partial charge on any atom is 0.123 e. The molecule has 0 fully saturated rings. The maximum atomic E-state index is 10.4. The first-order chi connectivity index (χ1) is 11.0. The first-order valence-corrected chi connectivity index (χ1v) is 7.63. The molecule has 2 aromatic carbocycles. The Morgan fingerprint density at radius 1 is 1.13 bits per heavy atom. The van der Waals surface area contributed by atoms with Crippen LogP contribution in [0.5, 0.6) is 5.75 Å². The van der Waals surface area contributed by atoms with Crippen LogP contribution in [0, 0.1) is 0 Å². The monoisotopic (exact) mass is 314 g/mol. The first-order valence-electron chi connectivity index (χ1n) is 7.63. The number of benzene rings is 2. The van der Waals surface area contributed by atoms with Gasteiger partial charge in [-0.25, -0.2) is 0 Å². The lowest BCUT2D eigenvalue weighted by atomic mass is 9.98. The van der Waals surface area contributed by atoms with Crippen LogP contribution in [0.25, 0.3) is 10.8 Å². The number of aromatic hydroxyl groups is 1. The fourth-order valence-corrected chi connectivity index (χ4v) is 2.56. The van der Waals surface area contributed by atoms with Crippen molar-refractivity contribution in [2.24, 2.45) is 0 Å². The van der Waals surface area contributed by atoms with E-state index < -0.39 is 12.2 Å². The van der Waals surface area contributed by atoms with Crippen molar-refractivity contribution < 1.29 is 20.4 Å². The molecular weight excluding hydrogens is 292 g/mol. The fraction of sp³-hybridized carbons (Fsp3) is 0.316. The number of phenolic OH excluding ortho intramolecular Hbond substituents is 1. The van der Waals surface area contributed by atoms with Gasteiger partial charge in [-0.15, -0.1) is 5.73 Å². The molecule has 0 amide bonds. The van der Waals surface area contributed by atoms with Crippen molar-refractivity contribution in [3.8, 4) is 5.75 Å². The Morgan fingerprint density at radius 2 is 1.83 bits per heavy atom. The van der Waals surface area contributed by atoms with Crippen molar-refractivity contribution in [3.63, 3.8) is 0 Å². The highest BCUT2D eigenvalue weighted by Gasteiger charge is 2.11. The second-order valence-corrected chi connectivity index (χ2v) is 5.63. The van der Waals surface area contributed by atoms with E-state index in [-0.39, 0.29) is 12.4 Å². The van der Waals surface area contributed by atoms with E-state index in [1.165, 1.54) is 0 Å². The van der Waals surface area contributed by atoms with Crippen molar-refractivity contribution in [1.82, 2.24) is 0 Å². The van der Waals surface area contributed by atoms with E-state index in [1.807, 2.05) is 24.3 Å². The number of fused-ring (bicyclic) bond motifs is 1. The van der Waals surface area contributed by atoms with E-state index >= 15 is 0 Å². The molecule has 2 atom stereocenters. The number of rotatable bonds is 6. The molecule has 4 N–H and O–H groups in total. The average Bonchev–Trinajstić information content (AvgIpc) is 2.54. The summed E-state index contributed by atoms with van der Waals surface area (Å²) >= 11 is 0. The second kappa shape index (κ2) is 7.95. The van der Waals surface area contributed by atoms with Crippen LogP contribution in [-0.4, -0.2) is 33.1 Å². The molecule has 0 heterocycles. The lowest BCUT2D eigenvalue weighted by molar-refractivity contribution is 0.183. The summed E-state index contributed by atoms with van der Waals surface area (Å²) in [5.74, 6) is 0.187. The third-order valence-corrected chi connectivity index (χ3v) is 3.67. The number of aliphatic hydroxyl groups excluding tert-OH is 3. The quantitative estimate of drug-likeness (QED) is 0.618. The van der Waals surface area contributed by atoms with Crippen LogP contribution in [0.1, 0.15) is 31.4 Å². The summed E-state index contributed by atoms with van der Waals surface area (Å²) in [5.41, 5.74) is 4.27. The molecule has 0 saturated heterocycles. The van der Waals surface area contributed by atoms with Gasteiger partial charge in [0.15, 0.2) is 0 Å². The third-order valence-electron chi connectivity index (χ3n) is 3.67. The third kappa shape index (κ3) is 4.44. The zero-order valence-electron chi connectivity index (χ0n) is 13.1. The lowest BCUT2D eigenvalue weighted by Gasteiger charge is -2.12. The van der Waals surface area contributed by atoms with E-state index in [2.05, 4.69) is 5.73 Å². The number of phenols is 1. The summed E-state index contributed by atoms with van der Waals surface area (Å²) in [4.78, 5) is 0. The molecule has 0 radical (unpaired) electrons. The Kier molecular flexibility index (Phi) is 5.97. The minimum absolute atomic E-state index is 0.167. The van der Waals surface area contributed by atoms with Gasteiger partial charge in [-0.05, 0) is 35.6 Å². The van der Waals surface area contributed by atoms with E-state index in [1.54, 1.807) is 25.1 Å². The van der Waals surface area contributed by atoms with Crippen molar-refractivity contribution in [1.29, 1.82) is 0 Å². The highest BCUT2D eigenvalue weighted by Crippen LogP contribution is 2.31. The van der Waals surface area contributed by atoms with Crippen LogP contribution >= 0.6 is 0 Å². The minimum atomic E-state index is -0.737. The molecular formula is C19H22O4. The minimum Gasteiger partial charge on any atom is -0.507 e. The summed E-state index contributed by atoms with van der Waals surface area (Å²) in [7, 11) is 0. The van der Waals surface area contributed by atoms with Gasteiger partial charge < -0.3 is 20.4 Å². The Balaban J connectivity index is 2.23. The maximum absolute atomic E-state index is 10.4. The molecule has 2 aromatic rings. The number of hydrogen-bond acceptors (Lipinski definition) is 4. The number of aliphatic hydroxyl groups is 3. The molecule has 0 aliphatic carbocycles. The van der Waals surface area contributed by atoms with E-state index in [0.29, 0.717) is 23.8 Å². The molecule has 0 bridgehead atoms. The van der Waals surface area contributed by atoms with Gasteiger partial charge in [0.25, 0.3) is 0 Å². The summed E-state index contributed by atoms with van der Waals surface area (Å²) in [6.45, 7) is 1.48. The molecule has 0 spiro atoms. The van der Waals surface area contributed by atoms with Gasteiger partial charge in [0, 0.05) is 18.2 Å². The lowest BCUT2D eigenvalue weighted by Crippen LogP contribution is -2.03. The molecule has 4 nitrogen and oxygen atoms in total. The first kappa shape index (κ1) is 17.3. The largest absolute Gasteiger partial charge is 0.507 e. The molecule has 122 valence electrons. The van der Waals surface area contributed by atoms with Crippen LogP contribution < -0.4 is 0 Å². The molecule has 0 unspecified atom stereocenters. The average molecular weight is 314 g/mol. The van der Waals surface area contributed by atoms with Gasteiger partial charge in [0.1, 0.15) is 5.75 Å². The number of hydrogen-bond donors (Lipinski definition) is 4. The predicted molar refractivity (Wildman–Crippen MR) is 90.2 cm³/mol. The van der Waals surface area contributed by atoms with E-state index in [4.69, 9.17) is 0 Å². The van der Waals surface area contributed by atoms with Gasteiger partial charge in [-0.2, -0.15) is 0 Å². The highest BCUT2D eigenvalue weighted by atomic mass is 16.3. The van der Waals surface area contributed by atoms with E-state index in [9.17, 15) is 20.4 Å². The normalized spacial score (nSPS) is 13.4. The van der Waals surface area contributed by atoms with Crippen LogP contribution in [0.15, 0.2) is 53.8 Å². The van der Waals surface area contributed by atoms with E-state index in [0.717, 1.165) is 10.9 Å². The molecule has 4 heteroatoms. The Labute approximate surface area is 135 Å².